The zero-order valence-corrected chi connectivity index (χ0v) is 13.9. The van der Waals surface area contributed by atoms with Gasteiger partial charge in [-0.05, 0) is 29.8 Å². The summed E-state index contributed by atoms with van der Waals surface area (Å²) in [5.41, 5.74) is 0.580. The van der Waals surface area contributed by atoms with E-state index in [1.165, 1.54) is 12.1 Å². The SMILES string of the molecule is O=C(c1cc2ccccc2oc1=O)N1CCOC(c2ccc(F)cc2)C1. The molecule has 6 heteroatoms. The lowest BCUT2D eigenvalue weighted by molar-refractivity contribution is -0.0229. The molecule has 1 aliphatic heterocycles. The zero-order valence-electron chi connectivity index (χ0n) is 13.9. The van der Waals surface area contributed by atoms with Gasteiger partial charge in [0.15, 0.2) is 0 Å². The maximum Gasteiger partial charge on any atom is 0.349 e. The van der Waals surface area contributed by atoms with Crippen LogP contribution in [0.2, 0.25) is 0 Å². The van der Waals surface area contributed by atoms with Crippen molar-refractivity contribution in [2.75, 3.05) is 19.7 Å². The molecule has 2 heterocycles. The molecule has 5 nitrogen and oxygen atoms in total. The predicted molar refractivity (Wildman–Crippen MR) is 93.5 cm³/mol. The van der Waals surface area contributed by atoms with Crippen LogP contribution in [0.25, 0.3) is 11.0 Å². The highest BCUT2D eigenvalue weighted by Crippen LogP contribution is 2.23. The van der Waals surface area contributed by atoms with Crippen molar-refractivity contribution in [1.29, 1.82) is 0 Å². The van der Waals surface area contributed by atoms with E-state index in [0.717, 1.165) is 5.56 Å². The second-order valence-electron chi connectivity index (χ2n) is 6.15. The third-order valence-corrected chi connectivity index (χ3v) is 4.47. The van der Waals surface area contributed by atoms with Crippen LogP contribution in [0.4, 0.5) is 4.39 Å². The van der Waals surface area contributed by atoms with Gasteiger partial charge < -0.3 is 14.1 Å². The molecule has 0 radical (unpaired) electrons. The molecule has 1 aromatic heterocycles. The fraction of sp³-hybridized carbons (Fsp3) is 0.200. The van der Waals surface area contributed by atoms with Crippen molar-refractivity contribution in [3.05, 3.63) is 82.0 Å². The van der Waals surface area contributed by atoms with Gasteiger partial charge in [-0.3, -0.25) is 4.79 Å². The third kappa shape index (κ3) is 3.11. The molecule has 3 aromatic rings. The number of hydrogen-bond donors (Lipinski definition) is 0. The number of morpholine rings is 1. The summed E-state index contributed by atoms with van der Waals surface area (Å²) in [4.78, 5) is 26.6. The summed E-state index contributed by atoms with van der Waals surface area (Å²) in [6.07, 6.45) is -0.360. The van der Waals surface area contributed by atoms with Crippen molar-refractivity contribution in [3.63, 3.8) is 0 Å². The molecule has 26 heavy (non-hydrogen) atoms. The van der Waals surface area contributed by atoms with Crippen molar-refractivity contribution in [2.45, 2.75) is 6.10 Å². The molecule has 1 aliphatic rings. The number of carbonyl (C=O) groups is 1. The summed E-state index contributed by atoms with van der Waals surface area (Å²) < 4.78 is 24.1. The van der Waals surface area contributed by atoms with Crippen LogP contribution < -0.4 is 5.63 Å². The van der Waals surface area contributed by atoms with E-state index in [0.29, 0.717) is 24.1 Å². The van der Waals surface area contributed by atoms with E-state index in [-0.39, 0.29) is 29.9 Å². The zero-order chi connectivity index (χ0) is 18.1. The van der Waals surface area contributed by atoms with Crippen molar-refractivity contribution in [3.8, 4) is 0 Å². The van der Waals surface area contributed by atoms with Gasteiger partial charge in [-0.15, -0.1) is 0 Å². The second-order valence-corrected chi connectivity index (χ2v) is 6.15. The minimum absolute atomic E-state index is 0.00320. The van der Waals surface area contributed by atoms with Gasteiger partial charge in [0.1, 0.15) is 23.1 Å². The minimum atomic E-state index is -0.654. The minimum Gasteiger partial charge on any atom is -0.422 e. The number of carbonyl (C=O) groups excluding carboxylic acids is 1. The first-order valence-corrected chi connectivity index (χ1v) is 8.31. The number of nitrogens with zero attached hydrogens (tertiary/aromatic N) is 1. The lowest BCUT2D eigenvalue weighted by Gasteiger charge is -2.33. The average molecular weight is 353 g/mol. The van der Waals surface area contributed by atoms with E-state index in [9.17, 15) is 14.0 Å². The van der Waals surface area contributed by atoms with Gasteiger partial charge in [0, 0.05) is 11.9 Å². The van der Waals surface area contributed by atoms with Crippen molar-refractivity contribution >= 4 is 16.9 Å². The summed E-state index contributed by atoms with van der Waals surface area (Å²) in [5.74, 6) is -0.717. The molecular weight excluding hydrogens is 337 g/mol. The lowest BCUT2D eigenvalue weighted by atomic mass is 10.1. The molecule has 4 rings (SSSR count). The number of benzene rings is 2. The Labute approximate surface area is 148 Å². The maximum atomic E-state index is 13.1. The van der Waals surface area contributed by atoms with Gasteiger partial charge in [-0.1, -0.05) is 30.3 Å². The molecule has 1 fully saturated rings. The standard InChI is InChI=1S/C20H16FNO4/c21-15-7-5-13(6-8-15)18-12-22(9-10-25-18)19(23)16-11-14-3-1-2-4-17(14)26-20(16)24/h1-8,11,18H,9-10,12H2. The Morgan fingerprint density at radius 2 is 1.88 bits per heavy atom. The number of halogens is 1. The number of ether oxygens (including phenoxy) is 1. The van der Waals surface area contributed by atoms with Crippen molar-refractivity contribution in [2.24, 2.45) is 0 Å². The van der Waals surface area contributed by atoms with Crippen LogP contribution in [0.1, 0.15) is 22.0 Å². The Morgan fingerprint density at radius 3 is 2.69 bits per heavy atom. The summed E-state index contributed by atoms with van der Waals surface area (Å²) in [6, 6.07) is 14.6. The molecule has 0 spiro atoms. The van der Waals surface area contributed by atoms with Crippen LogP contribution in [-0.2, 0) is 4.74 Å². The molecule has 0 N–H and O–H groups in total. The molecule has 1 amide bonds. The van der Waals surface area contributed by atoms with E-state index < -0.39 is 5.63 Å². The number of fused-ring (bicyclic) bond motifs is 1. The van der Waals surface area contributed by atoms with Gasteiger partial charge in [0.2, 0.25) is 0 Å². The third-order valence-electron chi connectivity index (χ3n) is 4.47. The van der Waals surface area contributed by atoms with Gasteiger partial charge in [-0.25, -0.2) is 9.18 Å². The first-order chi connectivity index (χ1) is 12.6. The van der Waals surface area contributed by atoms with Gasteiger partial charge in [-0.2, -0.15) is 0 Å². The largest absolute Gasteiger partial charge is 0.422 e. The molecule has 2 aromatic carbocycles. The molecule has 0 aliphatic carbocycles. The predicted octanol–water partition coefficient (Wildman–Crippen LogP) is 3.15. The maximum absolute atomic E-state index is 13.1. The number of para-hydroxylation sites is 1. The molecule has 132 valence electrons. The highest BCUT2D eigenvalue weighted by atomic mass is 19.1. The van der Waals surface area contributed by atoms with Crippen molar-refractivity contribution < 1.29 is 18.3 Å². The Kier molecular flexibility index (Phi) is 4.26. The summed E-state index contributed by atoms with van der Waals surface area (Å²) in [6.45, 7) is 1.01. The van der Waals surface area contributed by atoms with E-state index in [4.69, 9.17) is 9.15 Å². The van der Waals surface area contributed by atoms with Crippen LogP contribution >= 0.6 is 0 Å². The van der Waals surface area contributed by atoms with Gasteiger partial charge in [0.05, 0.1) is 13.2 Å². The molecule has 1 saturated heterocycles. The fourth-order valence-corrected chi connectivity index (χ4v) is 3.09. The number of rotatable bonds is 2. The Balaban J connectivity index is 1.60. The van der Waals surface area contributed by atoms with Gasteiger partial charge >= 0.3 is 5.63 Å². The highest BCUT2D eigenvalue weighted by molar-refractivity contribution is 5.96. The van der Waals surface area contributed by atoms with Crippen molar-refractivity contribution in [1.82, 2.24) is 4.90 Å². The van der Waals surface area contributed by atoms with E-state index in [1.807, 2.05) is 6.07 Å². The van der Waals surface area contributed by atoms with E-state index in [2.05, 4.69) is 0 Å². The first-order valence-electron chi connectivity index (χ1n) is 8.31. The van der Waals surface area contributed by atoms with Crippen LogP contribution in [0, 0.1) is 5.82 Å². The molecule has 1 atom stereocenters. The highest BCUT2D eigenvalue weighted by Gasteiger charge is 2.28. The van der Waals surface area contributed by atoms with Crippen LogP contribution in [0.15, 0.2) is 63.8 Å². The summed E-state index contributed by atoms with van der Waals surface area (Å²) in [7, 11) is 0. The van der Waals surface area contributed by atoms with E-state index in [1.54, 1.807) is 41.3 Å². The molecular formula is C20H16FNO4. The molecule has 0 bridgehead atoms. The van der Waals surface area contributed by atoms with Gasteiger partial charge in [0.25, 0.3) is 5.91 Å². The fourth-order valence-electron chi connectivity index (χ4n) is 3.09. The van der Waals surface area contributed by atoms with Crippen LogP contribution in [-0.4, -0.2) is 30.5 Å². The molecule has 1 unspecified atom stereocenters. The Hall–Kier alpha value is -2.99. The number of amides is 1. The second kappa shape index (κ2) is 6.72. The quantitative estimate of drug-likeness (QED) is 0.664. The summed E-state index contributed by atoms with van der Waals surface area (Å²) in [5, 5.41) is 0.693. The Bertz CT molecular complexity index is 1010. The number of hydrogen-bond acceptors (Lipinski definition) is 4. The normalized spacial score (nSPS) is 17.4. The van der Waals surface area contributed by atoms with E-state index >= 15 is 0 Å². The first kappa shape index (κ1) is 16.5. The lowest BCUT2D eigenvalue weighted by Crippen LogP contribution is -2.43. The Morgan fingerprint density at radius 1 is 1.12 bits per heavy atom. The smallest absolute Gasteiger partial charge is 0.349 e. The summed E-state index contributed by atoms with van der Waals surface area (Å²) >= 11 is 0. The average Bonchev–Trinajstić information content (AvgIpc) is 2.67. The monoisotopic (exact) mass is 353 g/mol. The topological polar surface area (TPSA) is 59.8 Å². The van der Waals surface area contributed by atoms with Crippen LogP contribution in [0.3, 0.4) is 0 Å². The van der Waals surface area contributed by atoms with Crippen LogP contribution in [0.5, 0.6) is 0 Å². The molecule has 0 saturated carbocycles.